The molecule has 0 atom stereocenters. The number of rotatable bonds is 3. The smallest absolute Gasteiger partial charge is 0.340 e. The van der Waals surface area contributed by atoms with Crippen LogP contribution in [0.1, 0.15) is 28.9 Å². The second kappa shape index (κ2) is 5.37. The fourth-order valence-corrected chi connectivity index (χ4v) is 2.50. The van der Waals surface area contributed by atoms with Crippen LogP contribution in [0.4, 0.5) is 5.00 Å². The van der Waals surface area contributed by atoms with E-state index in [0.29, 0.717) is 5.69 Å². The minimum absolute atomic E-state index is 0.0239. The van der Waals surface area contributed by atoms with Crippen LogP contribution in [0.25, 0.3) is 0 Å². The Morgan fingerprint density at radius 3 is 2.70 bits per heavy atom. The Hall–Kier alpha value is -2.29. The van der Waals surface area contributed by atoms with Crippen LogP contribution in [0.3, 0.4) is 0 Å². The highest BCUT2D eigenvalue weighted by atomic mass is 32.1. The average molecular weight is 296 g/mol. The first-order chi connectivity index (χ1) is 9.40. The Balaban J connectivity index is 2.19. The second-order valence-corrected chi connectivity index (χ2v) is 4.97. The molecule has 0 unspecified atom stereocenters. The number of anilines is 1. The summed E-state index contributed by atoms with van der Waals surface area (Å²) < 4.78 is 3.90. The van der Waals surface area contributed by atoms with Crippen molar-refractivity contribution in [2.45, 2.75) is 19.8 Å². The van der Waals surface area contributed by atoms with Crippen molar-refractivity contribution >= 4 is 40.0 Å². The lowest BCUT2D eigenvalue weighted by Crippen LogP contribution is -2.34. The van der Waals surface area contributed by atoms with E-state index in [1.54, 1.807) is 6.92 Å². The fraction of sp³-hybridized carbons (Fsp3) is 0.364. The Kier molecular flexibility index (Phi) is 3.79. The maximum absolute atomic E-state index is 12.0. The van der Waals surface area contributed by atoms with Gasteiger partial charge in [-0.15, -0.1) is 0 Å². The van der Waals surface area contributed by atoms with Gasteiger partial charge in [-0.3, -0.25) is 9.59 Å². The SMILES string of the molecule is Cc1nsc(NC(=O)C2=NN(C)C(=O)CC2)c1C(=O)O. The molecule has 0 aromatic carbocycles. The van der Waals surface area contributed by atoms with Crippen LogP contribution in [-0.4, -0.2) is 45.0 Å². The number of hydrazone groups is 1. The Labute approximate surface area is 118 Å². The summed E-state index contributed by atoms with van der Waals surface area (Å²) in [6, 6.07) is 0. The van der Waals surface area contributed by atoms with E-state index < -0.39 is 11.9 Å². The molecule has 8 nitrogen and oxygen atoms in total. The van der Waals surface area contributed by atoms with Crippen LogP contribution in [0, 0.1) is 6.92 Å². The molecule has 106 valence electrons. The van der Waals surface area contributed by atoms with E-state index in [1.165, 1.54) is 7.05 Å². The van der Waals surface area contributed by atoms with Crippen molar-refractivity contribution < 1.29 is 19.5 Å². The zero-order chi connectivity index (χ0) is 14.9. The van der Waals surface area contributed by atoms with Crippen molar-refractivity contribution in [3.8, 4) is 0 Å². The van der Waals surface area contributed by atoms with Crippen LogP contribution in [0.5, 0.6) is 0 Å². The standard InChI is InChI=1S/C11H12N4O4S/c1-5-8(11(18)19)10(20-14-5)12-9(17)6-3-4-7(16)15(2)13-6/h3-4H2,1-2H3,(H,12,17)(H,18,19). The number of carboxylic acid groups (broad SMARTS) is 1. The van der Waals surface area contributed by atoms with E-state index in [4.69, 9.17) is 5.11 Å². The summed E-state index contributed by atoms with van der Waals surface area (Å²) in [5.74, 6) is -1.83. The van der Waals surface area contributed by atoms with Crippen molar-refractivity contribution in [3.63, 3.8) is 0 Å². The van der Waals surface area contributed by atoms with Crippen molar-refractivity contribution in [2.75, 3.05) is 12.4 Å². The van der Waals surface area contributed by atoms with Gasteiger partial charge in [0.1, 0.15) is 16.3 Å². The molecule has 0 bridgehead atoms. The lowest BCUT2D eigenvalue weighted by atomic mass is 10.1. The summed E-state index contributed by atoms with van der Waals surface area (Å²) in [6.45, 7) is 1.56. The van der Waals surface area contributed by atoms with Gasteiger partial charge in [0.25, 0.3) is 5.91 Å². The summed E-state index contributed by atoms with van der Waals surface area (Å²) in [4.78, 5) is 34.4. The number of nitrogens with zero attached hydrogens (tertiary/aromatic N) is 3. The van der Waals surface area contributed by atoms with E-state index in [9.17, 15) is 14.4 Å². The minimum Gasteiger partial charge on any atom is -0.478 e. The van der Waals surface area contributed by atoms with E-state index in [-0.39, 0.29) is 35.0 Å². The molecule has 2 N–H and O–H groups in total. The molecule has 0 spiro atoms. The van der Waals surface area contributed by atoms with Gasteiger partial charge >= 0.3 is 5.97 Å². The number of aryl methyl sites for hydroxylation is 1. The molecule has 1 aromatic rings. The molecular weight excluding hydrogens is 284 g/mol. The summed E-state index contributed by atoms with van der Waals surface area (Å²) in [5.41, 5.74) is 0.509. The summed E-state index contributed by atoms with van der Waals surface area (Å²) in [6.07, 6.45) is 0.436. The molecule has 1 aromatic heterocycles. The summed E-state index contributed by atoms with van der Waals surface area (Å²) >= 11 is 0.900. The van der Waals surface area contributed by atoms with Gasteiger partial charge in [0, 0.05) is 19.9 Å². The molecule has 2 amide bonds. The third kappa shape index (κ3) is 2.67. The van der Waals surface area contributed by atoms with Gasteiger partial charge in [0.05, 0.1) is 5.69 Å². The first-order valence-electron chi connectivity index (χ1n) is 5.75. The highest BCUT2D eigenvalue weighted by Crippen LogP contribution is 2.24. The number of nitrogens with one attached hydrogen (secondary N) is 1. The van der Waals surface area contributed by atoms with Crippen molar-refractivity contribution in [3.05, 3.63) is 11.3 Å². The molecule has 0 radical (unpaired) electrons. The molecule has 2 heterocycles. The Morgan fingerprint density at radius 2 is 2.10 bits per heavy atom. The monoisotopic (exact) mass is 296 g/mol. The molecule has 0 saturated heterocycles. The normalized spacial score (nSPS) is 15.0. The van der Waals surface area contributed by atoms with E-state index in [0.717, 1.165) is 16.5 Å². The molecular formula is C11H12N4O4S. The molecule has 0 aliphatic carbocycles. The number of carbonyl (C=O) groups is 3. The molecule has 20 heavy (non-hydrogen) atoms. The predicted molar refractivity (Wildman–Crippen MR) is 71.9 cm³/mol. The Bertz CT molecular complexity index is 622. The number of aromatic carboxylic acids is 1. The van der Waals surface area contributed by atoms with Gasteiger partial charge < -0.3 is 10.4 Å². The van der Waals surface area contributed by atoms with Gasteiger partial charge in [0.15, 0.2) is 0 Å². The minimum atomic E-state index is -1.15. The molecule has 1 aliphatic heterocycles. The van der Waals surface area contributed by atoms with Crippen LogP contribution in [0.15, 0.2) is 5.10 Å². The molecule has 1 aliphatic rings. The van der Waals surface area contributed by atoms with Gasteiger partial charge in [0.2, 0.25) is 5.91 Å². The number of carboxylic acids is 1. The highest BCUT2D eigenvalue weighted by Gasteiger charge is 2.25. The predicted octanol–water partition coefficient (Wildman–Crippen LogP) is 0.696. The number of aromatic nitrogens is 1. The zero-order valence-corrected chi connectivity index (χ0v) is 11.7. The first-order valence-corrected chi connectivity index (χ1v) is 6.52. The van der Waals surface area contributed by atoms with Crippen molar-refractivity contribution in [1.29, 1.82) is 0 Å². The van der Waals surface area contributed by atoms with E-state index in [2.05, 4.69) is 14.8 Å². The molecule has 0 saturated carbocycles. The Morgan fingerprint density at radius 1 is 1.40 bits per heavy atom. The van der Waals surface area contributed by atoms with Crippen LogP contribution >= 0.6 is 11.5 Å². The largest absolute Gasteiger partial charge is 0.478 e. The highest BCUT2D eigenvalue weighted by molar-refractivity contribution is 7.11. The average Bonchev–Trinajstić information content (AvgIpc) is 2.73. The van der Waals surface area contributed by atoms with Gasteiger partial charge in [-0.25, -0.2) is 9.80 Å². The van der Waals surface area contributed by atoms with Crippen molar-refractivity contribution in [1.82, 2.24) is 9.38 Å². The summed E-state index contributed by atoms with van der Waals surface area (Å²) in [5, 5.41) is 16.7. The number of hydrogen-bond donors (Lipinski definition) is 2. The van der Waals surface area contributed by atoms with Gasteiger partial charge in [-0.2, -0.15) is 9.47 Å². The van der Waals surface area contributed by atoms with E-state index >= 15 is 0 Å². The topological polar surface area (TPSA) is 112 Å². The van der Waals surface area contributed by atoms with Crippen LogP contribution in [0.2, 0.25) is 0 Å². The maximum Gasteiger partial charge on any atom is 0.340 e. The lowest BCUT2D eigenvalue weighted by Gasteiger charge is -2.18. The molecule has 0 fully saturated rings. The number of carbonyl (C=O) groups excluding carboxylic acids is 2. The number of hydrogen-bond acceptors (Lipinski definition) is 6. The maximum atomic E-state index is 12.0. The zero-order valence-electron chi connectivity index (χ0n) is 10.8. The third-order valence-corrected chi connectivity index (χ3v) is 3.63. The molecule has 9 heteroatoms. The lowest BCUT2D eigenvalue weighted by molar-refractivity contribution is -0.130. The fourth-order valence-electron chi connectivity index (χ4n) is 1.72. The van der Waals surface area contributed by atoms with Crippen LogP contribution in [-0.2, 0) is 9.59 Å². The van der Waals surface area contributed by atoms with E-state index in [1.807, 2.05) is 0 Å². The summed E-state index contributed by atoms with van der Waals surface area (Å²) in [7, 11) is 1.47. The molecule has 2 rings (SSSR count). The van der Waals surface area contributed by atoms with Gasteiger partial charge in [-0.05, 0) is 18.5 Å². The first kappa shape index (κ1) is 14.1. The van der Waals surface area contributed by atoms with Crippen molar-refractivity contribution in [2.24, 2.45) is 5.10 Å². The second-order valence-electron chi connectivity index (χ2n) is 4.20. The van der Waals surface area contributed by atoms with Gasteiger partial charge in [-0.1, -0.05) is 0 Å². The quantitative estimate of drug-likeness (QED) is 0.852. The van der Waals surface area contributed by atoms with Crippen LogP contribution < -0.4 is 5.32 Å². The third-order valence-electron chi connectivity index (χ3n) is 2.77. The number of amides is 2.